The van der Waals surface area contributed by atoms with E-state index in [9.17, 15) is 29.5 Å². The van der Waals surface area contributed by atoms with Gasteiger partial charge in [-0.3, -0.25) is 24.2 Å². The number of amides is 2. The maximum Gasteiger partial charge on any atom is 0.408 e. The molecule has 13 nitrogen and oxygen atoms in total. The van der Waals surface area contributed by atoms with E-state index in [0.717, 1.165) is 11.1 Å². The summed E-state index contributed by atoms with van der Waals surface area (Å²) in [5.74, 6) is -1.08. The molecule has 13 heteroatoms. The summed E-state index contributed by atoms with van der Waals surface area (Å²) >= 11 is 0. The molecule has 1 aliphatic carbocycles. The highest BCUT2D eigenvalue weighted by Crippen LogP contribution is 2.53. The number of allylic oxidation sites excluding steroid dienone is 2. The molecule has 0 spiro atoms. The summed E-state index contributed by atoms with van der Waals surface area (Å²) in [7, 11) is 4.72. The zero-order chi connectivity index (χ0) is 34.7. The molecule has 3 heterocycles. The molecule has 0 saturated carbocycles. The monoisotopic (exact) mass is 649 g/mol. The summed E-state index contributed by atoms with van der Waals surface area (Å²) in [4.78, 5) is 57.5. The van der Waals surface area contributed by atoms with Crippen LogP contribution in [-0.2, 0) is 30.3 Å². The lowest BCUT2D eigenvalue weighted by Crippen LogP contribution is -2.71. The van der Waals surface area contributed by atoms with Gasteiger partial charge in [0.25, 0.3) is 0 Å². The molecule has 1 saturated heterocycles. The predicted octanol–water partition coefficient (Wildman–Crippen LogP) is 2.35. The third-order valence-electron chi connectivity index (χ3n) is 9.66. The van der Waals surface area contributed by atoms with Crippen molar-refractivity contribution in [1.82, 2.24) is 20.4 Å². The fourth-order valence-electron chi connectivity index (χ4n) is 7.71. The van der Waals surface area contributed by atoms with Crippen molar-refractivity contribution < 1.29 is 38.5 Å². The number of rotatable bonds is 6. The van der Waals surface area contributed by atoms with E-state index in [1.54, 1.807) is 27.7 Å². The number of piperazine rings is 1. The van der Waals surface area contributed by atoms with Crippen LogP contribution < -0.4 is 15.4 Å². The molecule has 1 aromatic rings. The first-order valence-corrected chi connectivity index (χ1v) is 15.7. The minimum atomic E-state index is -0.990. The van der Waals surface area contributed by atoms with Crippen molar-refractivity contribution in [3.05, 3.63) is 45.2 Å². The van der Waals surface area contributed by atoms with Crippen LogP contribution in [0.3, 0.4) is 0 Å². The van der Waals surface area contributed by atoms with Crippen LogP contribution in [0.1, 0.15) is 63.8 Å². The average Bonchev–Trinajstić information content (AvgIpc) is 2.98. The van der Waals surface area contributed by atoms with Crippen LogP contribution in [0.4, 0.5) is 4.79 Å². The number of carbonyl (C=O) groups excluding carboxylic acids is 4. The standard InChI is InChI=1S/C34H43N5O8/c1-15-10-18-11-20-22(13-35)39-21(26(38(20)7)24(18)28(41)30(15)45-8)12-19-25(29(42)31(46-9)16(2)27(19)40)23(39)14-36-32(43)17(3)37-33(44)47-34(4,5)6/h10,17,20-23,26,41H,11-12,14H2,1-9H3,(H,36,43)(H,37,44)/t17-,20?,21?,22-,23-,26-/m0/s1. The van der Waals surface area contributed by atoms with E-state index >= 15 is 0 Å². The summed E-state index contributed by atoms with van der Waals surface area (Å²) in [6, 6.07) is 0.472. The molecule has 252 valence electrons. The van der Waals surface area contributed by atoms with Crippen molar-refractivity contribution in [2.75, 3.05) is 27.8 Å². The van der Waals surface area contributed by atoms with E-state index in [1.807, 2.05) is 24.9 Å². The Morgan fingerprint density at radius 1 is 1.13 bits per heavy atom. The molecular weight excluding hydrogens is 606 g/mol. The molecule has 1 aromatic carbocycles. The highest BCUT2D eigenvalue weighted by atomic mass is 16.6. The van der Waals surface area contributed by atoms with Crippen LogP contribution in [0.2, 0.25) is 0 Å². The second kappa shape index (κ2) is 12.3. The smallest absolute Gasteiger partial charge is 0.408 e. The largest absolute Gasteiger partial charge is 0.504 e. The minimum Gasteiger partial charge on any atom is -0.504 e. The van der Waals surface area contributed by atoms with Crippen LogP contribution in [0, 0.1) is 18.3 Å². The second-order valence-corrected chi connectivity index (χ2v) is 13.7. The Morgan fingerprint density at radius 2 is 1.81 bits per heavy atom. The van der Waals surface area contributed by atoms with Crippen molar-refractivity contribution in [3.63, 3.8) is 0 Å². The summed E-state index contributed by atoms with van der Waals surface area (Å²) < 4.78 is 16.2. The number of nitrogens with one attached hydrogen (secondary N) is 2. The first-order chi connectivity index (χ1) is 22.1. The number of carbonyl (C=O) groups is 4. The maximum atomic E-state index is 14.0. The number of ether oxygens (including phenoxy) is 3. The van der Waals surface area contributed by atoms with Gasteiger partial charge in [0.15, 0.2) is 23.0 Å². The molecule has 4 aliphatic rings. The van der Waals surface area contributed by atoms with Crippen LogP contribution >= 0.6 is 0 Å². The van der Waals surface area contributed by atoms with Crippen molar-refractivity contribution >= 4 is 23.6 Å². The van der Waals surface area contributed by atoms with E-state index in [1.165, 1.54) is 21.1 Å². The number of likely N-dealkylation sites (N-methyl/N-ethyl adjacent to an activating group) is 1. The molecule has 2 bridgehead atoms. The number of Topliss-reactive ketones (excluding diaryl/α,β-unsaturated/α-hetero) is 2. The van der Waals surface area contributed by atoms with Crippen LogP contribution in [0.15, 0.2) is 28.5 Å². The quantitative estimate of drug-likeness (QED) is 0.387. The highest BCUT2D eigenvalue weighted by molar-refractivity contribution is 6.25. The fraction of sp³-hybridized carbons (Fsp3) is 0.559. The van der Waals surface area contributed by atoms with Crippen LogP contribution in [0.5, 0.6) is 11.5 Å². The molecular formula is C34H43N5O8. The Hall–Kier alpha value is -4.41. The van der Waals surface area contributed by atoms with E-state index in [-0.39, 0.29) is 47.4 Å². The number of nitrogens with zero attached hydrogens (tertiary/aromatic N) is 3. The third-order valence-corrected chi connectivity index (χ3v) is 9.66. The Balaban J connectivity index is 1.59. The SMILES string of the molecule is COC1=C(C)C(=O)C2=C(C1=O)[C@H](CNC(=O)[C@H](C)NC(=O)OC(C)(C)C)N1C(C2)[C@H]2c3c(cc(C)c(OC)c3O)CC([C@@H]1C#N)N2C. The van der Waals surface area contributed by atoms with Gasteiger partial charge in [-0.05, 0) is 72.6 Å². The van der Waals surface area contributed by atoms with E-state index in [2.05, 4.69) is 21.6 Å². The minimum absolute atomic E-state index is 0.00335. The number of aromatic hydroxyl groups is 1. The van der Waals surface area contributed by atoms with Gasteiger partial charge in [-0.2, -0.15) is 5.26 Å². The maximum absolute atomic E-state index is 14.0. The highest BCUT2D eigenvalue weighted by Gasteiger charge is 2.58. The van der Waals surface area contributed by atoms with Crippen molar-refractivity contribution in [2.24, 2.45) is 0 Å². The topological polar surface area (TPSA) is 171 Å². The lowest BCUT2D eigenvalue weighted by Gasteiger charge is -2.60. The molecule has 2 unspecified atom stereocenters. The van der Waals surface area contributed by atoms with Gasteiger partial charge >= 0.3 is 6.09 Å². The summed E-state index contributed by atoms with van der Waals surface area (Å²) in [5, 5.41) is 27.6. The number of phenols is 1. The second-order valence-electron chi connectivity index (χ2n) is 13.7. The molecule has 2 amide bonds. The Kier molecular flexibility index (Phi) is 8.89. The van der Waals surface area contributed by atoms with Gasteiger partial charge in [-0.25, -0.2) is 4.79 Å². The molecule has 6 atom stereocenters. The normalized spacial score (nSPS) is 26.4. The van der Waals surface area contributed by atoms with Crippen molar-refractivity contribution in [1.29, 1.82) is 5.26 Å². The van der Waals surface area contributed by atoms with Gasteiger partial charge in [0.1, 0.15) is 17.7 Å². The first kappa shape index (κ1) is 33.9. The van der Waals surface area contributed by atoms with Gasteiger partial charge in [0.2, 0.25) is 11.7 Å². The van der Waals surface area contributed by atoms with Crippen molar-refractivity contribution in [2.45, 2.75) is 96.2 Å². The number of methoxy groups -OCH3 is 2. The van der Waals surface area contributed by atoms with Crippen molar-refractivity contribution in [3.8, 4) is 17.6 Å². The third kappa shape index (κ3) is 5.63. The number of benzene rings is 1. The number of hydrogen-bond acceptors (Lipinski definition) is 11. The number of ketones is 2. The Labute approximate surface area is 274 Å². The van der Waals surface area contributed by atoms with E-state index in [0.29, 0.717) is 23.3 Å². The Morgan fingerprint density at radius 3 is 2.40 bits per heavy atom. The van der Waals surface area contributed by atoms with Gasteiger partial charge in [-0.1, -0.05) is 6.07 Å². The first-order valence-electron chi connectivity index (χ1n) is 15.7. The molecule has 3 aliphatic heterocycles. The van der Waals surface area contributed by atoms with Gasteiger partial charge < -0.3 is 30.0 Å². The number of alkyl carbamates (subject to hydrolysis) is 1. The molecule has 0 radical (unpaired) electrons. The van der Waals surface area contributed by atoms with Crippen LogP contribution in [-0.4, -0.2) is 102 Å². The van der Waals surface area contributed by atoms with E-state index < -0.39 is 53.6 Å². The lowest BCUT2D eigenvalue weighted by molar-refractivity contribution is -0.125. The number of fused-ring (bicyclic) bond motifs is 6. The average molecular weight is 650 g/mol. The molecule has 47 heavy (non-hydrogen) atoms. The van der Waals surface area contributed by atoms with Crippen LogP contribution in [0.25, 0.3) is 0 Å². The summed E-state index contributed by atoms with van der Waals surface area (Å²) in [6.45, 7) is 9.90. The molecule has 0 aromatic heterocycles. The zero-order valence-corrected chi connectivity index (χ0v) is 28.3. The Bertz CT molecular complexity index is 1650. The zero-order valence-electron chi connectivity index (χ0n) is 28.3. The number of phenolic OH excluding ortho intramolecular Hbond substituents is 1. The molecule has 5 rings (SSSR count). The lowest BCUT2D eigenvalue weighted by atomic mass is 9.69. The van der Waals surface area contributed by atoms with E-state index in [4.69, 9.17) is 14.2 Å². The molecule has 3 N–H and O–H groups in total. The number of aryl methyl sites for hydroxylation is 1. The fourth-order valence-corrected chi connectivity index (χ4v) is 7.71. The number of hydrogen-bond donors (Lipinski definition) is 3. The van der Waals surface area contributed by atoms with Gasteiger partial charge in [-0.15, -0.1) is 0 Å². The van der Waals surface area contributed by atoms with Gasteiger partial charge in [0, 0.05) is 40.9 Å². The number of nitriles is 1. The predicted molar refractivity (Wildman–Crippen MR) is 169 cm³/mol. The summed E-state index contributed by atoms with van der Waals surface area (Å²) in [5.41, 5.74) is 2.20. The summed E-state index contributed by atoms with van der Waals surface area (Å²) in [6.07, 6.45) is -0.189. The molecule has 1 fully saturated rings. The van der Waals surface area contributed by atoms with Gasteiger partial charge in [0.05, 0.1) is 32.4 Å².